The number of carbonyl (C=O) groups excluding carboxylic acids is 1. The minimum Gasteiger partial charge on any atom is -0.384 e. The molecule has 2 N–H and O–H groups in total. The predicted octanol–water partition coefficient (Wildman–Crippen LogP) is 4.68. The molecule has 110 valence electrons. The van der Waals surface area contributed by atoms with Gasteiger partial charge in [0.05, 0.1) is 10.7 Å². The van der Waals surface area contributed by atoms with Gasteiger partial charge in [0.15, 0.2) is 0 Å². The number of amides is 1. The van der Waals surface area contributed by atoms with Crippen LogP contribution in [0.2, 0.25) is 5.02 Å². The molecule has 0 radical (unpaired) electrons. The van der Waals surface area contributed by atoms with Gasteiger partial charge < -0.3 is 10.6 Å². The first-order valence-electron chi connectivity index (χ1n) is 7.52. The Bertz CT molecular complexity index is 456. The third-order valence-corrected chi connectivity index (χ3v) is 4.21. The van der Waals surface area contributed by atoms with E-state index < -0.39 is 0 Å². The molecule has 20 heavy (non-hydrogen) atoms. The molecule has 0 aromatic heterocycles. The van der Waals surface area contributed by atoms with Gasteiger partial charge in [0.2, 0.25) is 5.91 Å². The third kappa shape index (κ3) is 4.41. The Kier molecular flexibility index (Phi) is 5.72. The second-order valence-electron chi connectivity index (χ2n) is 5.48. The molecule has 0 saturated heterocycles. The summed E-state index contributed by atoms with van der Waals surface area (Å²) in [6, 6.07) is 5.58. The maximum atomic E-state index is 11.4. The average Bonchev–Trinajstić information content (AvgIpc) is 2.48. The first kappa shape index (κ1) is 15.2. The summed E-state index contributed by atoms with van der Waals surface area (Å²) in [6.07, 6.45) is 7.14. The van der Waals surface area contributed by atoms with E-state index in [2.05, 4.69) is 10.6 Å². The normalized spacial score (nSPS) is 15.9. The van der Waals surface area contributed by atoms with Crippen LogP contribution in [0.15, 0.2) is 18.2 Å². The van der Waals surface area contributed by atoms with Crippen molar-refractivity contribution in [2.45, 2.75) is 45.4 Å². The van der Waals surface area contributed by atoms with Gasteiger partial charge in [-0.2, -0.15) is 0 Å². The van der Waals surface area contributed by atoms with Gasteiger partial charge in [-0.05, 0) is 37.0 Å². The van der Waals surface area contributed by atoms with Gasteiger partial charge in [0.1, 0.15) is 0 Å². The van der Waals surface area contributed by atoms with Gasteiger partial charge in [0.25, 0.3) is 0 Å². The third-order valence-electron chi connectivity index (χ3n) is 3.88. The van der Waals surface area contributed by atoms with Crippen molar-refractivity contribution >= 4 is 28.9 Å². The smallest absolute Gasteiger partial charge is 0.224 e. The molecule has 1 aromatic carbocycles. The molecule has 0 aliphatic heterocycles. The fraction of sp³-hybridized carbons (Fsp3) is 0.562. The molecule has 1 aliphatic carbocycles. The summed E-state index contributed by atoms with van der Waals surface area (Å²) < 4.78 is 0. The molecule has 1 aliphatic rings. The minimum atomic E-state index is 0.0190. The summed E-state index contributed by atoms with van der Waals surface area (Å²) in [6.45, 7) is 2.80. The van der Waals surface area contributed by atoms with E-state index >= 15 is 0 Å². The van der Waals surface area contributed by atoms with Crippen LogP contribution in [0, 0.1) is 5.92 Å². The van der Waals surface area contributed by atoms with Crippen LogP contribution in [-0.4, -0.2) is 12.5 Å². The van der Waals surface area contributed by atoms with Crippen LogP contribution >= 0.6 is 11.6 Å². The van der Waals surface area contributed by atoms with Crippen molar-refractivity contribution in [3.05, 3.63) is 23.2 Å². The number of rotatable bonds is 5. The number of carbonyl (C=O) groups is 1. The second-order valence-corrected chi connectivity index (χ2v) is 5.89. The molecule has 3 nitrogen and oxygen atoms in total. The summed E-state index contributed by atoms with van der Waals surface area (Å²) in [5.41, 5.74) is 1.71. The highest BCUT2D eigenvalue weighted by molar-refractivity contribution is 6.33. The van der Waals surface area contributed by atoms with E-state index in [1.54, 1.807) is 0 Å². The quantitative estimate of drug-likeness (QED) is 0.828. The summed E-state index contributed by atoms with van der Waals surface area (Å²) in [5.74, 6) is 0.763. The molecule has 1 aromatic rings. The second kappa shape index (κ2) is 7.53. The van der Waals surface area contributed by atoms with Crippen molar-refractivity contribution in [1.82, 2.24) is 0 Å². The highest BCUT2D eigenvalue weighted by Gasteiger charge is 2.13. The Balaban J connectivity index is 1.95. The molecule has 0 atom stereocenters. The Morgan fingerprint density at radius 3 is 2.75 bits per heavy atom. The van der Waals surface area contributed by atoms with E-state index in [1.165, 1.54) is 32.1 Å². The zero-order chi connectivity index (χ0) is 14.4. The van der Waals surface area contributed by atoms with E-state index in [4.69, 9.17) is 11.6 Å². The van der Waals surface area contributed by atoms with Gasteiger partial charge in [-0.25, -0.2) is 0 Å². The van der Waals surface area contributed by atoms with Crippen LogP contribution in [-0.2, 0) is 4.79 Å². The van der Waals surface area contributed by atoms with Crippen LogP contribution in [0.4, 0.5) is 11.4 Å². The molecular formula is C16H23ClN2O. The highest BCUT2D eigenvalue weighted by Crippen LogP contribution is 2.28. The molecule has 1 saturated carbocycles. The Morgan fingerprint density at radius 2 is 2.05 bits per heavy atom. The number of hydrogen-bond acceptors (Lipinski definition) is 2. The molecular weight excluding hydrogens is 272 g/mol. The molecule has 1 fully saturated rings. The van der Waals surface area contributed by atoms with Gasteiger partial charge in [-0.15, -0.1) is 0 Å². The van der Waals surface area contributed by atoms with Crippen LogP contribution in [0.25, 0.3) is 0 Å². The van der Waals surface area contributed by atoms with Crippen LogP contribution in [0.3, 0.4) is 0 Å². The lowest BCUT2D eigenvalue weighted by Crippen LogP contribution is -2.17. The van der Waals surface area contributed by atoms with Crippen molar-refractivity contribution in [1.29, 1.82) is 0 Å². The van der Waals surface area contributed by atoms with Crippen molar-refractivity contribution in [2.24, 2.45) is 5.92 Å². The fourth-order valence-corrected chi connectivity index (χ4v) is 2.82. The number of halogens is 1. The maximum absolute atomic E-state index is 11.4. The van der Waals surface area contributed by atoms with Crippen LogP contribution in [0.1, 0.15) is 45.4 Å². The van der Waals surface area contributed by atoms with Crippen molar-refractivity contribution in [3.63, 3.8) is 0 Å². The fourth-order valence-electron chi connectivity index (χ4n) is 2.63. The molecule has 1 amide bonds. The monoisotopic (exact) mass is 294 g/mol. The van der Waals surface area contributed by atoms with E-state index in [0.717, 1.165) is 23.8 Å². The van der Waals surface area contributed by atoms with Gasteiger partial charge in [-0.1, -0.05) is 37.8 Å². The number of benzene rings is 1. The van der Waals surface area contributed by atoms with Crippen LogP contribution in [0.5, 0.6) is 0 Å². The van der Waals surface area contributed by atoms with Crippen molar-refractivity contribution in [2.75, 3.05) is 17.2 Å². The zero-order valence-electron chi connectivity index (χ0n) is 12.0. The Hall–Kier alpha value is -1.22. The number of hydrogen-bond donors (Lipinski definition) is 2. The molecule has 0 heterocycles. The maximum Gasteiger partial charge on any atom is 0.224 e. The van der Waals surface area contributed by atoms with Gasteiger partial charge >= 0.3 is 0 Å². The van der Waals surface area contributed by atoms with E-state index in [0.29, 0.717) is 11.4 Å². The van der Waals surface area contributed by atoms with Crippen molar-refractivity contribution in [3.8, 4) is 0 Å². The number of nitrogens with one attached hydrogen (secondary N) is 2. The zero-order valence-corrected chi connectivity index (χ0v) is 12.8. The number of anilines is 2. The lowest BCUT2D eigenvalue weighted by atomic mass is 9.89. The van der Waals surface area contributed by atoms with E-state index in [9.17, 15) is 4.79 Å². The lowest BCUT2D eigenvalue weighted by molar-refractivity contribution is -0.115. The first-order valence-corrected chi connectivity index (χ1v) is 7.90. The summed E-state index contributed by atoms with van der Waals surface area (Å²) in [7, 11) is 0. The molecule has 0 bridgehead atoms. The summed E-state index contributed by atoms with van der Waals surface area (Å²) >= 11 is 6.21. The van der Waals surface area contributed by atoms with E-state index in [1.807, 2.05) is 25.1 Å². The SMILES string of the molecule is CCC(=O)Nc1ccc(Cl)c(NCC2CCCCC2)c1. The summed E-state index contributed by atoms with van der Waals surface area (Å²) in [4.78, 5) is 11.4. The lowest BCUT2D eigenvalue weighted by Gasteiger charge is -2.22. The average molecular weight is 295 g/mol. The van der Waals surface area contributed by atoms with Crippen LogP contribution < -0.4 is 10.6 Å². The minimum absolute atomic E-state index is 0.0190. The Labute approximate surface area is 126 Å². The summed E-state index contributed by atoms with van der Waals surface area (Å²) in [5, 5.41) is 6.99. The standard InChI is InChI=1S/C16H23ClN2O/c1-2-16(20)19-13-8-9-14(17)15(10-13)18-11-12-6-4-3-5-7-12/h8-10,12,18H,2-7,11H2,1H3,(H,19,20). The van der Waals surface area contributed by atoms with Gasteiger partial charge in [0, 0.05) is 18.7 Å². The van der Waals surface area contributed by atoms with E-state index in [-0.39, 0.29) is 5.91 Å². The highest BCUT2D eigenvalue weighted by atomic mass is 35.5. The van der Waals surface area contributed by atoms with Crippen molar-refractivity contribution < 1.29 is 4.79 Å². The molecule has 0 spiro atoms. The predicted molar refractivity (Wildman–Crippen MR) is 85.4 cm³/mol. The topological polar surface area (TPSA) is 41.1 Å². The Morgan fingerprint density at radius 1 is 1.30 bits per heavy atom. The molecule has 0 unspecified atom stereocenters. The van der Waals surface area contributed by atoms with Gasteiger partial charge in [-0.3, -0.25) is 4.79 Å². The molecule has 4 heteroatoms. The first-order chi connectivity index (χ1) is 9.69. The largest absolute Gasteiger partial charge is 0.384 e. The molecule has 2 rings (SSSR count).